The molecule has 0 atom stereocenters. The molecule has 0 saturated heterocycles. The third-order valence-electron chi connectivity index (χ3n) is 3.95. The Morgan fingerprint density at radius 2 is 1.56 bits per heavy atom. The van der Waals surface area contributed by atoms with Crippen molar-refractivity contribution in [1.29, 1.82) is 0 Å². The predicted octanol–water partition coefficient (Wildman–Crippen LogP) is 2.98. The molecule has 2 aromatic rings. The van der Waals surface area contributed by atoms with Crippen molar-refractivity contribution in [2.45, 2.75) is 26.2 Å². The van der Waals surface area contributed by atoms with E-state index in [1.807, 2.05) is 55.5 Å². The second-order valence-electron chi connectivity index (χ2n) is 6.06. The summed E-state index contributed by atoms with van der Waals surface area (Å²) in [6.45, 7) is 3.27. The van der Waals surface area contributed by atoms with Crippen molar-refractivity contribution in [2.24, 2.45) is 0 Å². The van der Waals surface area contributed by atoms with Gasteiger partial charge in [-0.2, -0.15) is 0 Å². The number of amides is 1. The molecule has 2 N–H and O–H groups in total. The number of ether oxygens (including phenoxy) is 2. The van der Waals surface area contributed by atoms with Crippen LogP contribution in [0, 0.1) is 6.92 Å². The molecule has 0 bridgehead atoms. The van der Waals surface area contributed by atoms with Gasteiger partial charge in [0.15, 0.2) is 0 Å². The molecule has 2 rings (SSSR count). The Labute approximate surface area is 159 Å². The van der Waals surface area contributed by atoms with Gasteiger partial charge in [-0.3, -0.25) is 9.59 Å². The van der Waals surface area contributed by atoms with Crippen LogP contribution < -0.4 is 14.8 Å². The summed E-state index contributed by atoms with van der Waals surface area (Å²) in [6, 6.07) is 15.5. The van der Waals surface area contributed by atoms with Crippen LogP contribution in [-0.4, -0.2) is 36.7 Å². The van der Waals surface area contributed by atoms with Crippen molar-refractivity contribution >= 4 is 11.9 Å². The molecule has 0 radical (unpaired) electrons. The minimum Gasteiger partial charge on any atom is -0.490 e. The molecule has 0 unspecified atom stereocenters. The van der Waals surface area contributed by atoms with Gasteiger partial charge in [0.05, 0.1) is 6.42 Å². The van der Waals surface area contributed by atoms with Crippen LogP contribution in [0.5, 0.6) is 11.5 Å². The minimum absolute atomic E-state index is 0.0102. The number of benzene rings is 2. The first-order valence-corrected chi connectivity index (χ1v) is 8.94. The zero-order valence-electron chi connectivity index (χ0n) is 15.4. The van der Waals surface area contributed by atoms with E-state index in [2.05, 4.69) is 5.32 Å². The first-order valence-electron chi connectivity index (χ1n) is 8.94. The molecular weight excluding hydrogens is 346 g/mol. The van der Waals surface area contributed by atoms with Crippen LogP contribution in [0.2, 0.25) is 0 Å². The van der Waals surface area contributed by atoms with Crippen molar-refractivity contribution < 1.29 is 24.2 Å². The van der Waals surface area contributed by atoms with E-state index in [4.69, 9.17) is 14.6 Å². The number of hydrogen-bond acceptors (Lipinski definition) is 4. The smallest absolute Gasteiger partial charge is 0.303 e. The molecule has 0 saturated carbocycles. The van der Waals surface area contributed by atoms with Crippen LogP contribution in [0.25, 0.3) is 0 Å². The number of para-hydroxylation sites is 2. The lowest BCUT2D eigenvalue weighted by molar-refractivity contribution is -0.138. The highest BCUT2D eigenvalue weighted by molar-refractivity contribution is 5.80. The lowest BCUT2D eigenvalue weighted by atomic mass is 10.1. The van der Waals surface area contributed by atoms with Crippen molar-refractivity contribution in [2.75, 3.05) is 19.8 Å². The fraction of sp³-hybridized carbons (Fsp3) is 0.333. The number of aliphatic carboxylic acids is 1. The molecule has 0 spiro atoms. The topological polar surface area (TPSA) is 84.9 Å². The first-order chi connectivity index (χ1) is 13.1. The number of hydrogen-bond donors (Lipinski definition) is 2. The van der Waals surface area contributed by atoms with E-state index in [0.29, 0.717) is 26.2 Å². The second kappa shape index (κ2) is 10.9. The van der Waals surface area contributed by atoms with Gasteiger partial charge in [0.1, 0.15) is 24.7 Å². The fourth-order valence-corrected chi connectivity index (χ4v) is 2.52. The van der Waals surface area contributed by atoms with Crippen LogP contribution in [-0.2, 0) is 16.0 Å². The Morgan fingerprint density at radius 3 is 2.26 bits per heavy atom. The Hall–Kier alpha value is -3.02. The van der Waals surface area contributed by atoms with E-state index in [-0.39, 0.29) is 18.7 Å². The van der Waals surface area contributed by atoms with E-state index in [1.165, 1.54) is 0 Å². The summed E-state index contributed by atoms with van der Waals surface area (Å²) in [5, 5.41) is 11.3. The van der Waals surface area contributed by atoms with Gasteiger partial charge < -0.3 is 19.9 Å². The van der Waals surface area contributed by atoms with E-state index in [0.717, 1.165) is 22.6 Å². The maximum atomic E-state index is 11.6. The van der Waals surface area contributed by atoms with Crippen molar-refractivity contribution in [1.82, 2.24) is 5.32 Å². The van der Waals surface area contributed by atoms with E-state index in [9.17, 15) is 9.59 Å². The summed E-state index contributed by atoms with van der Waals surface area (Å²) in [6.07, 6.45) is 0.434. The molecule has 0 heterocycles. The largest absolute Gasteiger partial charge is 0.490 e. The monoisotopic (exact) mass is 371 g/mol. The van der Waals surface area contributed by atoms with Crippen LogP contribution >= 0.6 is 0 Å². The number of carbonyl (C=O) groups excluding carboxylic acids is 1. The SMILES string of the molecule is Cc1ccccc1OCCOc1ccccc1CCNC(=O)CCC(=O)O. The van der Waals surface area contributed by atoms with Gasteiger partial charge in [-0.15, -0.1) is 0 Å². The molecule has 0 fully saturated rings. The van der Waals surface area contributed by atoms with Crippen LogP contribution in [0.3, 0.4) is 0 Å². The van der Waals surface area contributed by atoms with E-state index < -0.39 is 5.97 Å². The summed E-state index contributed by atoms with van der Waals surface area (Å²) in [7, 11) is 0. The lowest BCUT2D eigenvalue weighted by Crippen LogP contribution is -2.26. The Balaban J connectivity index is 1.75. The fourth-order valence-electron chi connectivity index (χ4n) is 2.52. The van der Waals surface area contributed by atoms with Crippen molar-refractivity contribution in [3.63, 3.8) is 0 Å². The van der Waals surface area contributed by atoms with Crippen LogP contribution in [0.4, 0.5) is 0 Å². The number of nitrogens with one attached hydrogen (secondary N) is 1. The van der Waals surface area contributed by atoms with Gasteiger partial charge in [-0.1, -0.05) is 36.4 Å². The molecule has 0 aliphatic carbocycles. The third kappa shape index (κ3) is 7.40. The molecule has 0 aliphatic rings. The number of carboxylic acids is 1. The van der Waals surface area contributed by atoms with Crippen molar-refractivity contribution in [3.05, 3.63) is 59.7 Å². The highest BCUT2D eigenvalue weighted by Crippen LogP contribution is 2.19. The quantitative estimate of drug-likeness (QED) is 0.593. The van der Waals surface area contributed by atoms with Gasteiger partial charge in [0, 0.05) is 13.0 Å². The number of carboxylic acid groups (broad SMARTS) is 1. The van der Waals surface area contributed by atoms with Crippen LogP contribution in [0.1, 0.15) is 24.0 Å². The maximum absolute atomic E-state index is 11.6. The molecule has 27 heavy (non-hydrogen) atoms. The summed E-state index contributed by atoms with van der Waals surface area (Å²) in [5.41, 5.74) is 2.06. The standard InChI is InChI=1S/C21H25NO5/c1-16-6-2-4-8-18(16)26-14-15-27-19-9-5-3-7-17(19)12-13-22-20(23)10-11-21(24)25/h2-9H,10-15H2,1H3,(H,22,23)(H,24,25). The van der Waals surface area contributed by atoms with Gasteiger partial charge >= 0.3 is 5.97 Å². The number of carbonyl (C=O) groups is 2. The highest BCUT2D eigenvalue weighted by Gasteiger charge is 2.07. The molecule has 2 aromatic carbocycles. The number of rotatable bonds is 11. The highest BCUT2D eigenvalue weighted by atomic mass is 16.5. The van der Waals surface area contributed by atoms with Crippen molar-refractivity contribution in [3.8, 4) is 11.5 Å². The molecule has 144 valence electrons. The molecule has 6 nitrogen and oxygen atoms in total. The third-order valence-corrected chi connectivity index (χ3v) is 3.95. The number of aryl methyl sites for hydroxylation is 1. The second-order valence-corrected chi connectivity index (χ2v) is 6.06. The van der Waals surface area contributed by atoms with E-state index >= 15 is 0 Å². The zero-order valence-corrected chi connectivity index (χ0v) is 15.4. The van der Waals surface area contributed by atoms with Gasteiger partial charge in [0.25, 0.3) is 0 Å². The lowest BCUT2D eigenvalue weighted by Gasteiger charge is -2.13. The van der Waals surface area contributed by atoms with E-state index in [1.54, 1.807) is 0 Å². The van der Waals surface area contributed by atoms with Gasteiger partial charge in [-0.25, -0.2) is 0 Å². The molecule has 1 amide bonds. The summed E-state index contributed by atoms with van der Waals surface area (Å²) in [4.78, 5) is 22.0. The first kappa shape index (κ1) is 20.3. The Kier molecular flexibility index (Phi) is 8.16. The summed E-state index contributed by atoms with van der Waals surface area (Å²) < 4.78 is 11.5. The molecular formula is C21H25NO5. The summed E-state index contributed by atoms with van der Waals surface area (Å²) >= 11 is 0. The molecule has 0 aliphatic heterocycles. The average Bonchev–Trinajstić information content (AvgIpc) is 2.66. The van der Waals surface area contributed by atoms with Gasteiger partial charge in [-0.05, 0) is 36.6 Å². The van der Waals surface area contributed by atoms with Crippen LogP contribution in [0.15, 0.2) is 48.5 Å². The normalized spacial score (nSPS) is 10.3. The Morgan fingerprint density at radius 1 is 0.926 bits per heavy atom. The minimum atomic E-state index is -0.975. The zero-order chi connectivity index (χ0) is 19.5. The summed E-state index contributed by atoms with van der Waals surface area (Å²) in [5.74, 6) is 0.364. The predicted molar refractivity (Wildman–Crippen MR) is 102 cm³/mol. The molecule has 6 heteroatoms. The average molecular weight is 371 g/mol. The molecule has 0 aromatic heterocycles. The van der Waals surface area contributed by atoms with Gasteiger partial charge in [0.2, 0.25) is 5.91 Å². The maximum Gasteiger partial charge on any atom is 0.303 e. The Bertz CT molecular complexity index is 760.